The van der Waals surface area contributed by atoms with Crippen molar-refractivity contribution in [2.24, 2.45) is 0 Å². The van der Waals surface area contributed by atoms with Crippen LogP contribution >= 0.6 is 0 Å². The molecule has 0 bridgehead atoms. The summed E-state index contributed by atoms with van der Waals surface area (Å²) in [7, 11) is 0. The van der Waals surface area contributed by atoms with Gasteiger partial charge in [0.1, 0.15) is 5.69 Å². The Morgan fingerprint density at radius 1 is 1.35 bits per heavy atom. The summed E-state index contributed by atoms with van der Waals surface area (Å²) < 4.78 is 1.88. The van der Waals surface area contributed by atoms with E-state index in [0.717, 1.165) is 17.4 Å². The number of benzene rings is 1. The number of fused-ring (bicyclic) bond motifs is 1. The molecular formula is C19H26N2O2. The Balaban J connectivity index is 1.95. The van der Waals surface area contributed by atoms with Gasteiger partial charge in [0.15, 0.2) is 0 Å². The largest absolute Gasteiger partial charge is 0.477 e. The molecule has 2 aromatic rings. The number of aromatic carboxylic acids is 1. The Bertz CT molecular complexity index is 717. The summed E-state index contributed by atoms with van der Waals surface area (Å²) in [6, 6.07) is 8.88. The average Bonchev–Trinajstić information content (AvgIpc) is 2.92. The van der Waals surface area contributed by atoms with Crippen molar-refractivity contribution in [3.8, 4) is 0 Å². The third kappa shape index (κ3) is 3.00. The molecule has 23 heavy (non-hydrogen) atoms. The van der Waals surface area contributed by atoms with E-state index in [9.17, 15) is 9.90 Å². The summed E-state index contributed by atoms with van der Waals surface area (Å²) in [6.07, 6.45) is 2.45. The molecule has 1 unspecified atom stereocenters. The van der Waals surface area contributed by atoms with Gasteiger partial charge in [0.25, 0.3) is 0 Å². The Kier molecular flexibility index (Phi) is 4.44. The van der Waals surface area contributed by atoms with Crippen molar-refractivity contribution < 1.29 is 9.90 Å². The maximum Gasteiger partial charge on any atom is 0.352 e. The Morgan fingerprint density at radius 2 is 2.13 bits per heavy atom. The lowest BCUT2D eigenvalue weighted by Crippen LogP contribution is -2.39. The molecule has 1 aromatic carbocycles. The summed E-state index contributed by atoms with van der Waals surface area (Å²) in [5, 5.41) is 10.4. The first-order chi connectivity index (χ1) is 11.0. The number of piperidine rings is 1. The summed E-state index contributed by atoms with van der Waals surface area (Å²) in [6.45, 7) is 9.46. The lowest BCUT2D eigenvalue weighted by Gasteiger charge is -2.35. The molecular weight excluding hydrogens is 288 g/mol. The number of hydrogen-bond donors (Lipinski definition) is 1. The highest BCUT2D eigenvalue weighted by molar-refractivity contribution is 5.94. The maximum atomic E-state index is 11.4. The molecule has 1 aliphatic heterocycles. The Hall–Kier alpha value is -1.81. The zero-order valence-corrected chi connectivity index (χ0v) is 14.2. The van der Waals surface area contributed by atoms with Crippen molar-refractivity contribution in [1.29, 1.82) is 0 Å². The normalized spacial score (nSPS) is 19.6. The van der Waals surface area contributed by atoms with Crippen LogP contribution in [0.15, 0.2) is 24.3 Å². The van der Waals surface area contributed by atoms with E-state index in [1.807, 2.05) is 17.6 Å². The first-order valence-electron chi connectivity index (χ1n) is 8.61. The van der Waals surface area contributed by atoms with Gasteiger partial charge >= 0.3 is 5.97 Å². The molecule has 0 amide bonds. The minimum absolute atomic E-state index is 0.382. The van der Waals surface area contributed by atoms with Crippen molar-refractivity contribution in [3.63, 3.8) is 0 Å². The highest BCUT2D eigenvalue weighted by atomic mass is 16.4. The average molecular weight is 314 g/mol. The predicted octanol–water partition coefficient (Wildman–Crippen LogP) is 3.95. The number of carbonyl (C=O) groups is 1. The fraction of sp³-hybridized carbons (Fsp3) is 0.526. The van der Waals surface area contributed by atoms with Gasteiger partial charge in [0, 0.05) is 30.0 Å². The van der Waals surface area contributed by atoms with Gasteiger partial charge in [-0.3, -0.25) is 0 Å². The van der Waals surface area contributed by atoms with Crippen molar-refractivity contribution in [2.45, 2.75) is 52.1 Å². The van der Waals surface area contributed by atoms with Crippen molar-refractivity contribution in [1.82, 2.24) is 9.47 Å². The second-order valence-corrected chi connectivity index (χ2v) is 6.83. The zero-order valence-electron chi connectivity index (χ0n) is 14.2. The van der Waals surface area contributed by atoms with E-state index in [0.29, 0.717) is 24.2 Å². The zero-order chi connectivity index (χ0) is 16.6. The van der Waals surface area contributed by atoms with Gasteiger partial charge in [-0.15, -0.1) is 0 Å². The van der Waals surface area contributed by atoms with Gasteiger partial charge in [0.2, 0.25) is 0 Å². The SMILES string of the molecule is CCn1c(C(=O)O)cc2cc(C3CCCN(C(C)C)C3)ccc21. The highest BCUT2D eigenvalue weighted by Gasteiger charge is 2.23. The van der Waals surface area contributed by atoms with E-state index in [1.54, 1.807) is 0 Å². The molecule has 3 rings (SSSR count). The number of aromatic nitrogens is 1. The van der Waals surface area contributed by atoms with Crippen LogP contribution in [0.5, 0.6) is 0 Å². The van der Waals surface area contributed by atoms with E-state index >= 15 is 0 Å². The molecule has 0 saturated carbocycles. The van der Waals surface area contributed by atoms with Crippen molar-refractivity contribution in [3.05, 3.63) is 35.5 Å². The van der Waals surface area contributed by atoms with Crippen LogP contribution in [0, 0.1) is 0 Å². The third-order valence-electron chi connectivity index (χ3n) is 5.12. The fourth-order valence-electron chi connectivity index (χ4n) is 3.81. The monoisotopic (exact) mass is 314 g/mol. The van der Waals surface area contributed by atoms with Crippen LogP contribution in [-0.2, 0) is 6.54 Å². The second-order valence-electron chi connectivity index (χ2n) is 6.83. The number of hydrogen-bond acceptors (Lipinski definition) is 2. The molecule has 0 aliphatic carbocycles. The van der Waals surface area contributed by atoms with Gasteiger partial charge in [-0.25, -0.2) is 4.79 Å². The quantitative estimate of drug-likeness (QED) is 0.929. The number of aryl methyl sites for hydroxylation is 1. The van der Waals surface area contributed by atoms with Gasteiger partial charge < -0.3 is 14.6 Å². The standard InChI is InChI=1S/C19H26N2O2/c1-4-21-17-8-7-14(10-16(17)11-18(21)19(22)23)15-6-5-9-20(12-15)13(2)3/h7-8,10-11,13,15H,4-6,9,12H2,1-3H3,(H,22,23). The van der Waals surface area contributed by atoms with Gasteiger partial charge in [-0.2, -0.15) is 0 Å². The van der Waals surface area contributed by atoms with Crippen LogP contribution in [0.3, 0.4) is 0 Å². The van der Waals surface area contributed by atoms with Crippen LogP contribution < -0.4 is 0 Å². The van der Waals surface area contributed by atoms with Crippen LogP contribution in [0.4, 0.5) is 0 Å². The van der Waals surface area contributed by atoms with Gasteiger partial charge in [-0.05, 0) is 69.8 Å². The smallest absolute Gasteiger partial charge is 0.352 e. The van der Waals surface area contributed by atoms with E-state index in [-0.39, 0.29) is 0 Å². The Morgan fingerprint density at radius 3 is 2.78 bits per heavy atom. The summed E-state index contributed by atoms with van der Waals surface area (Å²) in [5.41, 5.74) is 2.74. The molecule has 1 N–H and O–H groups in total. The lowest BCUT2D eigenvalue weighted by atomic mass is 9.89. The first kappa shape index (κ1) is 16.1. The molecule has 4 heteroatoms. The molecule has 124 valence electrons. The number of rotatable bonds is 4. The lowest BCUT2D eigenvalue weighted by molar-refractivity contribution is 0.0686. The fourth-order valence-corrected chi connectivity index (χ4v) is 3.81. The predicted molar refractivity (Wildman–Crippen MR) is 93.3 cm³/mol. The molecule has 4 nitrogen and oxygen atoms in total. The molecule has 2 heterocycles. The van der Waals surface area contributed by atoms with E-state index in [1.165, 1.54) is 24.9 Å². The summed E-state index contributed by atoms with van der Waals surface area (Å²) in [4.78, 5) is 14.0. The molecule has 1 fully saturated rings. The van der Waals surface area contributed by atoms with Gasteiger partial charge in [0.05, 0.1) is 0 Å². The third-order valence-corrected chi connectivity index (χ3v) is 5.12. The molecule has 1 atom stereocenters. The highest BCUT2D eigenvalue weighted by Crippen LogP contribution is 2.31. The van der Waals surface area contributed by atoms with E-state index in [2.05, 4.69) is 36.9 Å². The van der Waals surface area contributed by atoms with Crippen LogP contribution in [-0.4, -0.2) is 39.7 Å². The maximum absolute atomic E-state index is 11.4. The van der Waals surface area contributed by atoms with E-state index in [4.69, 9.17) is 0 Å². The minimum atomic E-state index is -0.853. The summed E-state index contributed by atoms with van der Waals surface area (Å²) in [5.74, 6) is -0.304. The number of likely N-dealkylation sites (tertiary alicyclic amines) is 1. The number of carboxylic acid groups (broad SMARTS) is 1. The number of carboxylic acids is 1. The topological polar surface area (TPSA) is 45.5 Å². The van der Waals surface area contributed by atoms with Crippen LogP contribution in [0.25, 0.3) is 10.9 Å². The number of nitrogens with zero attached hydrogens (tertiary/aromatic N) is 2. The minimum Gasteiger partial charge on any atom is -0.477 e. The molecule has 1 aliphatic rings. The van der Waals surface area contributed by atoms with Crippen molar-refractivity contribution in [2.75, 3.05) is 13.1 Å². The molecule has 0 radical (unpaired) electrons. The van der Waals surface area contributed by atoms with Crippen LogP contribution in [0.2, 0.25) is 0 Å². The molecule has 0 spiro atoms. The van der Waals surface area contributed by atoms with Gasteiger partial charge in [-0.1, -0.05) is 6.07 Å². The molecule has 1 aromatic heterocycles. The first-order valence-corrected chi connectivity index (χ1v) is 8.61. The van der Waals surface area contributed by atoms with Crippen molar-refractivity contribution >= 4 is 16.9 Å². The Labute approximate surface area is 137 Å². The molecule has 1 saturated heterocycles. The second kappa shape index (κ2) is 6.36. The van der Waals surface area contributed by atoms with E-state index < -0.39 is 5.97 Å². The van der Waals surface area contributed by atoms with Crippen LogP contribution in [0.1, 0.15) is 55.6 Å². The summed E-state index contributed by atoms with van der Waals surface area (Å²) >= 11 is 0.